The van der Waals surface area contributed by atoms with Crippen molar-refractivity contribution in [3.8, 4) is 0 Å². The summed E-state index contributed by atoms with van der Waals surface area (Å²) >= 11 is 5.75. The molecule has 0 saturated heterocycles. The SMILES string of the molecule is CC(C)(C)OC(=O)NC1C[C@@H](C(N)=NO)CCC1NC(=O)C(=O)Nc1ccc(Cl)cn1. The number of nitrogens with zero attached hydrogens (tertiary/aromatic N) is 2. The van der Waals surface area contributed by atoms with E-state index in [2.05, 4.69) is 26.1 Å². The van der Waals surface area contributed by atoms with Gasteiger partial charge in [-0.1, -0.05) is 16.8 Å². The molecule has 6 N–H and O–H groups in total. The second kappa shape index (κ2) is 10.3. The quantitative estimate of drug-likeness (QED) is 0.151. The lowest BCUT2D eigenvalue weighted by Crippen LogP contribution is -2.57. The molecule has 1 fully saturated rings. The van der Waals surface area contributed by atoms with Crippen molar-refractivity contribution in [3.05, 3.63) is 23.4 Å². The minimum atomic E-state index is -0.913. The third-order valence-corrected chi connectivity index (χ3v) is 4.80. The van der Waals surface area contributed by atoms with Gasteiger partial charge in [0.2, 0.25) is 0 Å². The average Bonchev–Trinajstić information content (AvgIpc) is 2.68. The Bertz CT molecular complexity index is 839. The van der Waals surface area contributed by atoms with E-state index in [1.54, 1.807) is 20.8 Å². The standard InChI is InChI=1S/C19H27ClN6O5/c1-19(2,3)31-18(29)24-13-8-10(15(21)26-30)4-6-12(13)23-16(27)17(28)25-14-7-5-11(20)9-22-14/h5,7,9-10,12-13,30H,4,6,8H2,1-3H3,(H2,21,26)(H,23,27)(H,24,29)(H,22,25,28)/t10-,12?,13?/m0/s1. The second-order valence-corrected chi connectivity index (χ2v) is 8.62. The van der Waals surface area contributed by atoms with Crippen LogP contribution in [-0.2, 0) is 14.3 Å². The molecular formula is C19H27ClN6O5. The molecule has 3 atom stereocenters. The number of nitrogens with two attached hydrogens (primary N) is 1. The molecule has 0 radical (unpaired) electrons. The number of halogens is 1. The third kappa shape index (κ3) is 7.59. The summed E-state index contributed by atoms with van der Waals surface area (Å²) in [6, 6.07) is 1.82. The Morgan fingerprint density at radius 2 is 1.90 bits per heavy atom. The molecule has 1 aliphatic carbocycles. The molecule has 1 heterocycles. The molecule has 2 rings (SSSR count). The number of alkyl carbamates (subject to hydrolysis) is 1. The lowest BCUT2D eigenvalue weighted by molar-refractivity contribution is -0.136. The largest absolute Gasteiger partial charge is 0.444 e. The van der Waals surface area contributed by atoms with Crippen LogP contribution in [0.25, 0.3) is 0 Å². The highest BCUT2D eigenvalue weighted by molar-refractivity contribution is 6.39. The first-order chi connectivity index (χ1) is 14.5. The molecule has 2 unspecified atom stereocenters. The average molecular weight is 455 g/mol. The van der Waals surface area contributed by atoms with E-state index in [4.69, 9.17) is 27.3 Å². The number of ether oxygens (including phenoxy) is 1. The zero-order valence-electron chi connectivity index (χ0n) is 17.5. The molecule has 1 aliphatic rings. The molecule has 170 valence electrons. The van der Waals surface area contributed by atoms with Crippen LogP contribution in [0.1, 0.15) is 40.0 Å². The predicted octanol–water partition coefficient (Wildman–Crippen LogP) is 1.60. The fourth-order valence-electron chi connectivity index (χ4n) is 3.17. The lowest BCUT2D eigenvalue weighted by atomic mass is 9.81. The van der Waals surface area contributed by atoms with Crippen LogP contribution >= 0.6 is 11.6 Å². The number of oxime groups is 1. The van der Waals surface area contributed by atoms with Gasteiger partial charge in [-0.3, -0.25) is 9.59 Å². The number of rotatable bonds is 4. The summed E-state index contributed by atoms with van der Waals surface area (Å²) < 4.78 is 5.28. The van der Waals surface area contributed by atoms with E-state index in [1.807, 2.05) is 0 Å². The molecule has 0 bridgehead atoms. The minimum absolute atomic E-state index is 0.0346. The van der Waals surface area contributed by atoms with Gasteiger partial charge in [0.05, 0.1) is 11.1 Å². The monoisotopic (exact) mass is 454 g/mol. The highest BCUT2D eigenvalue weighted by Gasteiger charge is 2.36. The number of carbonyl (C=O) groups excluding carboxylic acids is 3. The first-order valence-corrected chi connectivity index (χ1v) is 10.1. The van der Waals surface area contributed by atoms with E-state index in [9.17, 15) is 14.4 Å². The van der Waals surface area contributed by atoms with Crippen molar-refractivity contribution in [2.75, 3.05) is 5.32 Å². The van der Waals surface area contributed by atoms with Crippen LogP contribution in [0.2, 0.25) is 5.02 Å². The van der Waals surface area contributed by atoms with E-state index in [0.29, 0.717) is 24.3 Å². The zero-order valence-corrected chi connectivity index (χ0v) is 18.3. The van der Waals surface area contributed by atoms with Crippen LogP contribution in [0.15, 0.2) is 23.5 Å². The van der Waals surface area contributed by atoms with Gasteiger partial charge in [-0.15, -0.1) is 0 Å². The van der Waals surface area contributed by atoms with Crippen molar-refractivity contribution in [1.82, 2.24) is 15.6 Å². The Labute approximate surface area is 184 Å². The summed E-state index contributed by atoms with van der Waals surface area (Å²) in [4.78, 5) is 40.8. The molecule has 0 aromatic carbocycles. The number of nitrogens with one attached hydrogen (secondary N) is 3. The predicted molar refractivity (Wildman–Crippen MR) is 114 cm³/mol. The van der Waals surface area contributed by atoms with E-state index in [0.717, 1.165) is 0 Å². The van der Waals surface area contributed by atoms with E-state index < -0.39 is 35.6 Å². The Kier molecular flexibility index (Phi) is 8.03. The number of hydrogen-bond donors (Lipinski definition) is 5. The van der Waals surface area contributed by atoms with Gasteiger partial charge in [0.15, 0.2) is 0 Å². The van der Waals surface area contributed by atoms with E-state index in [-0.39, 0.29) is 17.6 Å². The normalized spacial score (nSPS) is 21.7. The fraction of sp³-hybridized carbons (Fsp3) is 0.526. The Hall–Kier alpha value is -3.08. The molecule has 11 nitrogen and oxygen atoms in total. The number of carbonyl (C=O) groups is 3. The van der Waals surface area contributed by atoms with Crippen LogP contribution < -0.4 is 21.7 Å². The van der Waals surface area contributed by atoms with Gasteiger partial charge < -0.3 is 31.6 Å². The van der Waals surface area contributed by atoms with Crippen LogP contribution in [0, 0.1) is 5.92 Å². The van der Waals surface area contributed by atoms with Gasteiger partial charge in [0, 0.05) is 18.2 Å². The van der Waals surface area contributed by atoms with Crippen molar-refractivity contribution >= 4 is 41.2 Å². The molecular weight excluding hydrogens is 428 g/mol. The Morgan fingerprint density at radius 1 is 1.19 bits per heavy atom. The Balaban J connectivity index is 2.05. The lowest BCUT2D eigenvalue weighted by Gasteiger charge is -2.36. The maximum Gasteiger partial charge on any atom is 0.407 e. The number of hydrogen-bond acceptors (Lipinski definition) is 7. The van der Waals surface area contributed by atoms with Gasteiger partial charge in [-0.2, -0.15) is 0 Å². The highest BCUT2D eigenvalue weighted by Crippen LogP contribution is 2.25. The zero-order chi connectivity index (χ0) is 23.2. The molecule has 0 spiro atoms. The summed E-state index contributed by atoms with van der Waals surface area (Å²) in [5.74, 6) is -1.90. The molecule has 12 heteroatoms. The number of amidine groups is 1. The van der Waals surface area contributed by atoms with Gasteiger partial charge in [0.1, 0.15) is 17.3 Å². The van der Waals surface area contributed by atoms with Gasteiger partial charge in [-0.05, 0) is 52.2 Å². The molecule has 1 aromatic rings. The van der Waals surface area contributed by atoms with Crippen molar-refractivity contribution in [1.29, 1.82) is 0 Å². The first kappa shape index (κ1) is 24.2. The number of aromatic nitrogens is 1. The van der Waals surface area contributed by atoms with Crippen LogP contribution in [0.5, 0.6) is 0 Å². The maximum atomic E-state index is 12.4. The number of amides is 3. The summed E-state index contributed by atoms with van der Waals surface area (Å²) in [5.41, 5.74) is 5.01. The summed E-state index contributed by atoms with van der Waals surface area (Å²) in [6.07, 6.45) is 1.84. The van der Waals surface area contributed by atoms with Crippen molar-refractivity contribution < 1.29 is 24.3 Å². The molecule has 1 aromatic heterocycles. The van der Waals surface area contributed by atoms with Crippen molar-refractivity contribution in [2.24, 2.45) is 16.8 Å². The minimum Gasteiger partial charge on any atom is -0.444 e. The van der Waals surface area contributed by atoms with Crippen LogP contribution in [0.3, 0.4) is 0 Å². The molecule has 31 heavy (non-hydrogen) atoms. The third-order valence-electron chi connectivity index (χ3n) is 4.58. The summed E-state index contributed by atoms with van der Waals surface area (Å²) in [6.45, 7) is 5.17. The van der Waals surface area contributed by atoms with Crippen molar-refractivity contribution in [2.45, 2.75) is 57.7 Å². The molecule has 1 saturated carbocycles. The van der Waals surface area contributed by atoms with Gasteiger partial charge >= 0.3 is 17.9 Å². The summed E-state index contributed by atoms with van der Waals surface area (Å²) in [5, 5.41) is 20.1. The van der Waals surface area contributed by atoms with Crippen molar-refractivity contribution in [3.63, 3.8) is 0 Å². The van der Waals surface area contributed by atoms with Crippen LogP contribution in [-0.4, -0.2) is 51.6 Å². The van der Waals surface area contributed by atoms with Crippen LogP contribution in [0.4, 0.5) is 10.6 Å². The topological polar surface area (TPSA) is 168 Å². The molecule has 0 aliphatic heterocycles. The number of pyridine rings is 1. The first-order valence-electron chi connectivity index (χ1n) is 9.69. The smallest absolute Gasteiger partial charge is 0.407 e. The number of anilines is 1. The van der Waals surface area contributed by atoms with E-state index in [1.165, 1.54) is 18.3 Å². The highest BCUT2D eigenvalue weighted by atomic mass is 35.5. The Morgan fingerprint density at radius 3 is 2.48 bits per heavy atom. The molecule has 3 amide bonds. The van der Waals surface area contributed by atoms with E-state index >= 15 is 0 Å². The maximum absolute atomic E-state index is 12.4. The summed E-state index contributed by atoms with van der Waals surface area (Å²) in [7, 11) is 0. The fourth-order valence-corrected chi connectivity index (χ4v) is 3.28. The second-order valence-electron chi connectivity index (χ2n) is 8.18. The van der Waals surface area contributed by atoms with Gasteiger partial charge in [-0.25, -0.2) is 9.78 Å². The van der Waals surface area contributed by atoms with Gasteiger partial charge in [0.25, 0.3) is 0 Å².